The molecule has 0 aromatic carbocycles. The number of piperazine rings is 1. The molecular formula is C14H27N3O3. The highest BCUT2D eigenvalue weighted by Crippen LogP contribution is 2.15. The molecule has 2 N–H and O–H groups in total. The molecule has 0 spiro atoms. The zero-order valence-electron chi connectivity index (χ0n) is 13.0. The third kappa shape index (κ3) is 5.00. The first-order chi connectivity index (χ1) is 9.21. The van der Waals surface area contributed by atoms with E-state index in [0.717, 1.165) is 26.2 Å². The second kappa shape index (κ2) is 6.92. The maximum absolute atomic E-state index is 12.0. The van der Waals surface area contributed by atoms with Gasteiger partial charge in [0.1, 0.15) is 0 Å². The van der Waals surface area contributed by atoms with E-state index < -0.39 is 11.9 Å². The van der Waals surface area contributed by atoms with Crippen molar-refractivity contribution < 1.29 is 14.7 Å². The first-order valence-electron chi connectivity index (χ1n) is 7.22. The zero-order chi connectivity index (χ0) is 15.3. The fraction of sp³-hybridized carbons (Fsp3) is 0.857. The normalized spacial score (nSPS) is 18.7. The number of amides is 2. The Labute approximate surface area is 121 Å². The molecule has 2 amide bonds. The van der Waals surface area contributed by atoms with Crippen LogP contribution in [0.15, 0.2) is 0 Å². The van der Waals surface area contributed by atoms with E-state index in [0.29, 0.717) is 13.0 Å². The third-order valence-electron chi connectivity index (χ3n) is 3.79. The third-order valence-corrected chi connectivity index (χ3v) is 3.79. The van der Waals surface area contributed by atoms with Gasteiger partial charge >= 0.3 is 12.0 Å². The minimum absolute atomic E-state index is 0.0869. The topological polar surface area (TPSA) is 72.9 Å². The standard InChI is InChI=1S/C14H27N3O3/c1-11(12(18)19)5-6-15-13(20)16-7-9-17(10-8-16)14(2,3)4/h11H,5-10H2,1-4H3,(H,15,20)(H,18,19). The lowest BCUT2D eigenvalue weighted by Gasteiger charge is -2.42. The Bertz CT molecular complexity index is 344. The van der Waals surface area contributed by atoms with Crippen LogP contribution in [-0.2, 0) is 4.79 Å². The van der Waals surface area contributed by atoms with Gasteiger partial charge in [-0.15, -0.1) is 0 Å². The smallest absolute Gasteiger partial charge is 0.317 e. The highest BCUT2D eigenvalue weighted by atomic mass is 16.4. The molecule has 1 fully saturated rings. The molecule has 1 aliphatic rings. The summed E-state index contributed by atoms with van der Waals surface area (Å²) >= 11 is 0. The number of rotatable bonds is 4. The Morgan fingerprint density at radius 2 is 1.75 bits per heavy atom. The van der Waals surface area contributed by atoms with Gasteiger partial charge < -0.3 is 15.3 Å². The first kappa shape index (κ1) is 16.8. The average Bonchev–Trinajstić information content (AvgIpc) is 2.37. The summed E-state index contributed by atoms with van der Waals surface area (Å²) in [6, 6.07) is -0.0869. The van der Waals surface area contributed by atoms with E-state index in [2.05, 4.69) is 31.0 Å². The van der Waals surface area contributed by atoms with Crippen LogP contribution in [0.3, 0.4) is 0 Å². The monoisotopic (exact) mass is 285 g/mol. The van der Waals surface area contributed by atoms with Gasteiger partial charge in [0.2, 0.25) is 0 Å². The highest BCUT2D eigenvalue weighted by molar-refractivity contribution is 5.74. The molecule has 0 aliphatic carbocycles. The SMILES string of the molecule is CC(CCNC(=O)N1CCN(C(C)(C)C)CC1)C(=O)O. The number of carbonyl (C=O) groups is 2. The quantitative estimate of drug-likeness (QED) is 0.814. The van der Waals surface area contributed by atoms with Crippen molar-refractivity contribution in [1.29, 1.82) is 0 Å². The number of hydrogen-bond donors (Lipinski definition) is 2. The summed E-state index contributed by atoms with van der Waals surface area (Å²) in [5.41, 5.74) is 0.138. The van der Waals surface area contributed by atoms with Gasteiger partial charge in [0.05, 0.1) is 5.92 Å². The van der Waals surface area contributed by atoms with Crippen molar-refractivity contribution in [2.24, 2.45) is 5.92 Å². The summed E-state index contributed by atoms with van der Waals surface area (Å²) in [5, 5.41) is 11.6. The molecular weight excluding hydrogens is 258 g/mol. The van der Waals surface area contributed by atoms with E-state index in [1.165, 1.54) is 0 Å². The van der Waals surface area contributed by atoms with Crippen molar-refractivity contribution in [2.45, 2.75) is 39.7 Å². The van der Waals surface area contributed by atoms with Crippen LogP contribution in [0.1, 0.15) is 34.1 Å². The average molecular weight is 285 g/mol. The Hall–Kier alpha value is -1.30. The molecule has 20 heavy (non-hydrogen) atoms. The van der Waals surface area contributed by atoms with Crippen LogP contribution in [0.4, 0.5) is 4.79 Å². The number of urea groups is 1. The second-order valence-corrected chi connectivity index (χ2v) is 6.40. The lowest BCUT2D eigenvalue weighted by molar-refractivity contribution is -0.141. The number of aliphatic carboxylic acids is 1. The molecule has 0 radical (unpaired) electrons. The molecule has 0 saturated carbocycles. The maximum atomic E-state index is 12.0. The number of carbonyl (C=O) groups excluding carboxylic acids is 1. The van der Waals surface area contributed by atoms with Crippen LogP contribution in [0.25, 0.3) is 0 Å². The number of carboxylic acids is 1. The molecule has 0 aromatic rings. The molecule has 1 rings (SSSR count). The molecule has 1 aliphatic heterocycles. The number of hydrogen-bond acceptors (Lipinski definition) is 3. The first-order valence-corrected chi connectivity index (χ1v) is 7.22. The minimum atomic E-state index is -0.821. The van der Waals surface area contributed by atoms with Crippen LogP contribution >= 0.6 is 0 Å². The summed E-state index contributed by atoms with van der Waals surface area (Å²) in [7, 11) is 0. The highest BCUT2D eigenvalue weighted by Gasteiger charge is 2.27. The molecule has 1 unspecified atom stereocenters. The molecule has 0 bridgehead atoms. The number of nitrogens with zero attached hydrogens (tertiary/aromatic N) is 2. The summed E-state index contributed by atoms with van der Waals surface area (Å²) in [4.78, 5) is 26.8. The Balaban J connectivity index is 2.28. The van der Waals surface area contributed by atoms with Gasteiger partial charge in [-0.25, -0.2) is 4.79 Å². The largest absolute Gasteiger partial charge is 0.481 e. The predicted molar refractivity (Wildman–Crippen MR) is 77.7 cm³/mol. The lowest BCUT2D eigenvalue weighted by Crippen LogP contribution is -2.56. The molecule has 6 nitrogen and oxygen atoms in total. The van der Waals surface area contributed by atoms with Crippen molar-refractivity contribution in [1.82, 2.24) is 15.1 Å². The van der Waals surface area contributed by atoms with E-state index in [9.17, 15) is 9.59 Å². The van der Waals surface area contributed by atoms with Crippen LogP contribution in [0.5, 0.6) is 0 Å². The van der Waals surface area contributed by atoms with Crippen LogP contribution in [0.2, 0.25) is 0 Å². The van der Waals surface area contributed by atoms with Gasteiger partial charge in [-0.3, -0.25) is 9.69 Å². The molecule has 116 valence electrons. The summed E-state index contributed by atoms with van der Waals surface area (Å²) < 4.78 is 0. The van der Waals surface area contributed by atoms with Gasteiger partial charge in [0.15, 0.2) is 0 Å². The van der Waals surface area contributed by atoms with Crippen molar-refractivity contribution >= 4 is 12.0 Å². The van der Waals surface area contributed by atoms with Crippen molar-refractivity contribution in [2.75, 3.05) is 32.7 Å². The minimum Gasteiger partial charge on any atom is -0.481 e. The van der Waals surface area contributed by atoms with Gasteiger partial charge in [0, 0.05) is 38.3 Å². The summed E-state index contributed by atoms with van der Waals surface area (Å²) in [6.07, 6.45) is 0.461. The molecule has 0 aromatic heterocycles. The van der Waals surface area contributed by atoms with E-state index in [4.69, 9.17) is 5.11 Å². The zero-order valence-corrected chi connectivity index (χ0v) is 13.0. The van der Waals surface area contributed by atoms with E-state index in [-0.39, 0.29) is 11.6 Å². The van der Waals surface area contributed by atoms with E-state index >= 15 is 0 Å². The van der Waals surface area contributed by atoms with Gasteiger partial charge in [-0.05, 0) is 27.2 Å². The van der Waals surface area contributed by atoms with Crippen molar-refractivity contribution in [3.63, 3.8) is 0 Å². The van der Waals surface area contributed by atoms with Gasteiger partial charge in [-0.2, -0.15) is 0 Å². The number of carboxylic acid groups (broad SMARTS) is 1. The number of nitrogens with one attached hydrogen (secondary N) is 1. The van der Waals surface area contributed by atoms with Crippen molar-refractivity contribution in [3.8, 4) is 0 Å². The fourth-order valence-corrected chi connectivity index (χ4v) is 2.21. The Morgan fingerprint density at radius 1 is 1.20 bits per heavy atom. The summed E-state index contributed by atoms with van der Waals surface area (Å²) in [6.45, 7) is 11.8. The van der Waals surface area contributed by atoms with E-state index in [1.54, 1.807) is 11.8 Å². The van der Waals surface area contributed by atoms with E-state index in [1.807, 2.05) is 0 Å². The second-order valence-electron chi connectivity index (χ2n) is 6.40. The lowest BCUT2D eigenvalue weighted by atomic mass is 10.1. The molecule has 1 atom stereocenters. The molecule has 1 saturated heterocycles. The van der Waals surface area contributed by atoms with Crippen LogP contribution in [-0.4, -0.2) is 65.2 Å². The summed E-state index contributed by atoms with van der Waals surface area (Å²) in [5.74, 6) is -1.24. The maximum Gasteiger partial charge on any atom is 0.317 e. The van der Waals surface area contributed by atoms with Crippen LogP contribution < -0.4 is 5.32 Å². The fourth-order valence-electron chi connectivity index (χ4n) is 2.21. The molecule has 1 heterocycles. The van der Waals surface area contributed by atoms with Crippen LogP contribution in [0, 0.1) is 5.92 Å². The van der Waals surface area contributed by atoms with Gasteiger partial charge in [0.25, 0.3) is 0 Å². The Kier molecular flexibility index (Phi) is 5.80. The Morgan fingerprint density at radius 3 is 2.20 bits per heavy atom. The van der Waals surface area contributed by atoms with Gasteiger partial charge in [-0.1, -0.05) is 6.92 Å². The molecule has 6 heteroatoms. The predicted octanol–water partition coefficient (Wildman–Crippen LogP) is 1.22. The van der Waals surface area contributed by atoms with Crippen molar-refractivity contribution in [3.05, 3.63) is 0 Å².